The molecule has 0 aliphatic rings. The minimum absolute atomic E-state index is 0.662. The van der Waals surface area contributed by atoms with Crippen LogP contribution in [0.1, 0.15) is 17.2 Å². The Labute approximate surface area is 148 Å². The molecule has 0 radical (unpaired) electrons. The molecule has 0 amide bonds. The predicted molar refractivity (Wildman–Crippen MR) is 97.6 cm³/mol. The molecular formula is C17H11Br3O. The maximum atomic E-state index is 10.7. The lowest BCUT2D eigenvalue weighted by Crippen LogP contribution is -2.00. The molecule has 0 saturated carbocycles. The number of aliphatic hydroxyl groups is 1. The summed E-state index contributed by atoms with van der Waals surface area (Å²) < 4.78 is 2.90. The predicted octanol–water partition coefficient (Wildman–Crippen LogP) is 6.21. The highest BCUT2D eigenvalue weighted by molar-refractivity contribution is 9.11. The highest BCUT2D eigenvalue weighted by Gasteiger charge is 2.14. The second-order valence-electron chi connectivity index (χ2n) is 4.82. The zero-order chi connectivity index (χ0) is 15.0. The zero-order valence-corrected chi connectivity index (χ0v) is 15.6. The molecule has 3 rings (SSSR count). The third-order valence-electron chi connectivity index (χ3n) is 3.39. The van der Waals surface area contributed by atoms with Crippen molar-refractivity contribution >= 4 is 58.6 Å². The van der Waals surface area contributed by atoms with Gasteiger partial charge in [-0.3, -0.25) is 0 Å². The fourth-order valence-electron chi connectivity index (χ4n) is 2.31. The van der Waals surface area contributed by atoms with Gasteiger partial charge in [0.1, 0.15) is 6.10 Å². The first-order valence-electron chi connectivity index (χ1n) is 6.37. The van der Waals surface area contributed by atoms with Crippen LogP contribution in [0.5, 0.6) is 0 Å². The fourth-order valence-corrected chi connectivity index (χ4v) is 3.53. The van der Waals surface area contributed by atoms with Gasteiger partial charge in [0.15, 0.2) is 0 Å². The highest BCUT2D eigenvalue weighted by atomic mass is 79.9. The van der Waals surface area contributed by atoms with Crippen molar-refractivity contribution in [3.05, 3.63) is 79.1 Å². The van der Waals surface area contributed by atoms with E-state index < -0.39 is 6.10 Å². The normalized spacial score (nSPS) is 12.6. The number of hydrogen-bond donors (Lipinski definition) is 1. The smallest absolute Gasteiger partial charge is 0.105 e. The van der Waals surface area contributed by atoms with E-state index in [-0.39, 0.29) is 0 Å². The van der Waals surface area contributed by atoms with Gasteiger partial charge < -0.3 is 5.11 Å². The molecule has 3 aromatic carbocycles. The van der Waals surface area contributed by atoms with E-state index in [9.17, 15) is 5.11 Å². The Bertz CT molecular complexity index is 814. The summed E-state index contributed by atoms with van der Waals surface area (Å²) in [4.78, 5) is 0. The van der Waals surface area contributed by atoms with E-state index in [1.54, 1.807) is 0 Å². The van der Waals surface area contributed by atoms with E-state index in [4.69, 9.17) is 0 Å². The Hall–Kier alpha value is -0.680. The maximum absolute atomic E-state index is 10.7. The molecule has 1 atom stereocenters. The van der Waals surface area contributed by atoms with Crippen LogP contribution in [0.4, 0.5) is 0 Å². The van der Waals surface area contributed by atoms with Crippen LogP contribution < -0.4 is 0 Å². The quantitative estimate of drug-likeness (QED) is 0.472. The second-order valence-corrected chi connectivity index (χ2v) is 7.50. The maximum Gasteiger partial charge on any atom is 0.105 e. The van der Waals surface area contributed by atoms with Gasteiger partial charge in [0, 0.05) is 19.0 Å². The molecule has 0 aromatic heterocycles. The van der Waals surface area contributed by atoms with Gasteiger partial charge in [0.2, 0.25) is 0 Å². The van der Waals surface area contributed by atoms with Crippen molar-refractivity contribution in [1.29, 1.82) is 0 Å². The summed E-state index contributed by atoms with van der Waals surface area (Å²) in [5.41, 5.74) is 1.73. The van der Waals surface area contributed by atoms with Crippen LogP contribution in [-0.4, -0.2) is 5.11 Å². The van der Waals surface area contributed by atoms with Crippen LogP contribution >= 0.6 is 47.8 Å². The average molecular weight is 471 g/mol. The van der Waals surface area contributed by atoms with Crippen molar-refractivity contribution in [2.45, 2.75) is 6.10 Å². The number of aliphatic hydroxyl groups excluding tert-OH is 1. The first-order valence-corrected chi connectivity index (χ1v) is 8.75. The third kappa shape index (κ3) is 3.24. The van der Waals surface area contributed by atoms with Crippen LogP contribution in [-0.2, 0) is 0 Å². The molecule has 0 spiro atoms. The lowest BCUT2D eigenvalue weighted by atomic mass is 9.99. The van der Waals surface area contributed by atoms with Gasteiger partial charge in [-0.05, 0) is 52.7 Å². The standard InChI is InChI=1S/C17H11Br3O/c18-13-4-3-10-7-12(2-1-11(10)8-13)17(21)15-9-14(19)5-6-16(15)20/h1-9,17,21H. The van der Waals surface area contributed by atoms with Crippen molar-refractivity contribution in [3.8, 4) is 0 Å². The van der Waals surface area contributed by atoms with Gasteiger partial charge in [-0.2, -0.15) is 0 Å². The lowest BCUT2D eigenvalue weighted by molar-refractivity contribution is 0.219. The molecule has 0 heterocycles. The molecule has 0 bridgehead atoms. The van der Waals surface area contributed by atoms with Crippen LogP contribution in [0.2, 0.25) is 0 Å². The number of fused-ring (bicyclic) bond motifs is 1. The number of rotatable bonds is 2. The molecule has 0 aliphatic heterocycles. The molecule has 1 nitrogen and oxygen atoms in total. The van der Waals surface area contributed by atoms with E-state index >= 15 is 0 Å². The molecule has 0 fully saturated rings. The van der Waals surface area contributed by atoms with Crippen molar-refractivity contribution < 1.29 is 5.11 Å². The first kappa shape index (κ1) is 15.2. The van der Waals surface area contributed by atoms with E-state index in [0.717, 1.165) is 35.3 Å². The Kier molecular flexibility index (Phi) is 4.50. The lowest BCUT2D eigenvalue weighted by Gasteiger charge is -2.14. The first-order chi connectivity index (χ1) is 10.0. The van der Waals surface area contributed by atoms with Crippen LogP contribution in [0, 0.1) is 0 Å². The molecule has 1 N–H and O–H groups in total. The molecule has 1 unspecified atom stereocenters. The van der Waals surface area contributed by atoms with Gasteiger partial charge >= 0.3 is 0 Å². The Balaban J connectivity index is 2.07. The minimum atomic E-state index is -0.662. The second kappa shape index (κ2) is 6.21. The third-order valence-corrected chi connectivity index (χ3v) is 5.10. The minimum Gasteiger partial charge on any atom is -0.384 e. The van der Waals surface area contributed by atoms with Crippen LogP contribution in [0.15, 0.2) is 68.0 Å². The number of halogens is 3. The van der Waals surface area contributed by atoms with Gasteiger partial charge in [-0.15, -0.1) is 0 Å². The summed E-state index contributed by atoms with van der Waals surface area (Å²) >= 11 is 10.4. The average Bonchev–Trinajstić information content (AvgIpc) is 2.48. The monoisotopic (exact) mass is 468 g/mol. The summed E-state index contributed by atoms with van der Waals surface area (Å²) in [6, 6.07) is 18.0. The number of hydrogen-bond acceptors (Lipinski definition) is 1. The van der Waals surface area contributed by atoms with Gasteiger partial charge in [-0.25, -0.2) is 0 Å². The summed E-state index contributed by atoms with van der Waals surface area (Å²) in [5, 5.41) is 12.9. The summed E-state index contributed by atoms with van der Waals surface area (Å²) in [7, 11) is 0. The highest BCUT2D eigenvalue weighted by Crippen LogP contribution is 2.32. The van der Waals surface area contributed by atoms with E-state index in [1.165, 1.54) is 0 Å². The summed E-state index contributed by atoms with van der Waals surface area (Å²) in [5.74, 6) is 0. The summed E-state index contributed by atoms with van der Waals surface area (Å²) in [6.07, 6.45) is -0.662. The molecule has 0 saturated heterocycles. The van der Waals surface area contributed by atoms with Crippen LogP contribution in [0.3, 0.4) is 0 Å². The van der Waals surface area contributed by atoms with Gasteiger partial charge in [0.25, 0.3) is 0 Å². The SMILES string of the molecule is OC(c1ccc2cc(Br)ccc2c1)c1cc(Br)ccc1Br. The van der Waals surface area contributed by atoms with Crippen molar-refractivity contribution in [2.75, 3.05) is 0 Å². The van der Waals surface area contributed by atoms with E-state index in [1.807, 2.05) is 48.5 Å². The molecule has 106 valence electrons. The zero-order valence-electron chi connectivity index (χ0n) is 10.9. The number of benzene rings is 3. The van der Waals surface area contributed by atoms with Gasteiger partial charge in [0.05, 0.1) is 0 Å². The Morgan fingerprint density at radius 1 is 0.714 bits per heavy atom. The largest absolute Gasteiger partial charge is 0.384 e. The van der Waals surface area contributed by atoms with Gasteiger partial charge in [-0.1, -0.05) is 66.0 Å². The van der Waals surface area contributed by atoms with Crippen LogP contribution in [0.25, 0.3) is 10.8 Å². The fraction of sp³-hybridized carbons (Fsp3) is 0.0588. The Morgan fingerprint density at radius 2 is 1.33 bits per heavy atom. The molecule has 3 aromatic rings. The molecule has 4 heteroatoms. The topological polar surface area (TPSA) is 20.2 Å². The van der Waals surface area contributed by atoms with E-state index in [2.05, 4.69) is 53.9 Å². The molecule has 21 heavy (non-hydrogen) atoms. The molecule has 0 aliphatic carbocycles. The van der Waals surface area contributed by atoms with Crippen molar-refractivity contribution in [2.24, 2.45) is 0 Å². The Morgan fingerprint density at radius 3 is 2.14 bits per heavy atom. The van der Waals surface area contributed by atoms with Crippen molar-refractivity contribution in [3.63, 3.8) is 0 Å². The summed E-state index contributed by atoms with van der Waals surface area (Å²) in [6.45, 7) is 0. The molecular weight excluding hydrogens is 460 g/mol. The van der Waals surface area contributed by atoms with Crippen molar-refractivity contribution in [1.82, 2.24) is 0 Å². The van der Waals surface area contributed by atoms with E-state index in [0.29, 0.717) is 0 Å².